The lowest BCUT2D eigenvalue weighted by molar-refractivity contribution is -0.142. The van der Waals surface area contributed by atoms with E-state index in [1.165, 1.54) is 0 Å². The van der Waals surface area contributed by atoms with E-state index in [0.29, 0.717) is 5.75 Å². The first kappa shape index (κ1) is 26.5. The normalized spacial score (nSPS) is 13.2. The number of carboxylic acid groups (broad SMARTS) is 1. The van der Waals surface area contributed by atoms with Crippen LogP contribution in [0, 0.1) is 0 Å². The minimum atomic E-state index is -1.23. The van der Waals surface area contributed by atoms with Crippen LogP contribution in [0.2, 0.25) is 0 Å². The summed E-state index contributed by atoms with van der Waals surface area (Å²) in [6.07, 6.45) is 3.30. The number of Topliss-reactive ketones (excluding diaryl/α,β-unsaturated/α-hetero) is 1. The van der Waals surface area contributed by atoms with Gasteiger partial charge in [0.05, 0.1) is 12.5 Å². The lowest BCUT2D eigenvalue weighted by Crippen LogP contribution is -2.53. The van der Waals surface area contributed by atoms with Gasteiger partial charge in [0.1, 0.15) is 17.7 Å². The molecule has 0 bridgehead atoms. The minimum absolute atomic E-state index is 0.0123. The largest absolute Gasteiger partial charge is 0.480 e. The summed E-state index contributed by atoms with van der Waals surface area (Å²) >= 11 is 0. The number of amides is 2. The third-order valence-electron chi connectivity index (χ3n) is 4.07. The Labute approximate surface area is 186 Å². The Morgan fingerprint density at radius 2 is 1.65 bits per heavy atom. The number of rotatable bonds is 11. The third-order valence-corrected chi connectivity index (χ3v) is 4.97. The highest BCUT2D eigenvalue weighted by Crippen LogP contribution is 2.09. The van der Waals surface area contributed by atoms with Crippen LogP contribution in [-0.4, -0.2) is 64.8 Å². The first-order chi connectivity index (χ1) is 14.4. The molecule has 8 nitrogen and oxygen atoms in total. The number of carbonyl (C=O) groups excluding carboxylic acids is 3. The molecule has 1 aromatic carbocycles. The molecule has 0 saturated carbocycles. The Morgan fingerprint density at radius 3 is 2.16 bits per heavy atom. The molecule has 0 aliphatic heterocycles. The van der Waals surface area contributed by atoms with Crippen molar-refractivity contribution in [1.82, 2.24) is 10.6 Å². The van der Waals surface area contributed by atoms with Crippen molar-refractivity contribution in [3.05, 3.63) is 35.9 Å². The summed E-state index contributed by atoms with van der Waals surface area (Å²) in [5.74, 6) is -1.54. The van der Waals surface area contributed by atoms with Crippen LogP contribution in [0.5, 0.6) is 0 Å². The van der Waals surface area contributed by atoms with Crippen molar-refractivity contribution in [2.45, 2.75) is 57.7 Å². The Balaban J connectivity index is 2.88. The van der Waals surface area contributed by atoms with Crippen LogP contribution in [0.25, 0.3) is 0 Å². The first-order valence-corrected chi connectivity index (χ1v) is 12.2. The highest BCUT2D eigenvalue weighted by atomic mass is 32.2. The van der Waals surface area contributed by atoms with Crippen molar-refractivity contribution < 1.29 is 29.0 Å². The summed E-state index contributed by atoms with van der Waals surface area (Å²) in [5.41, 5.74) is 0.0394. The summed E-state index contributed by atoms with van der Waals surface area (Å²) in [4.78, 5) is 48.7. The second kappa shape index (κ2) is 12.3. The molecular weight excluding hydrogens is 420 g/mol. The molecule has 31 heavy (non-hydrogen) atoms. The van der Waals surface area contributed by atoms with E-state index in [9.17, 15) is 24.3 Å². The van der Waals surface area contributed by atoms with Crippen LogP contribution in [0.15, 0.2) is 30.3 Å². The molecule has 0 aromatic heterocycles. The highest BCUT2D eigenvalue weighted by molar-refractivity contribution is 7.96. The fourth-order valence-corrected chi connectivity index (χ4v) is 3.53. The van der Waals surface area contributed by atoms with Gasteiger partial charge in [0.25, 0.3) is 0 Å². The molecule has 0 heterocycles. The molecule has 0 aliphatic rings. The van der Waals surface area contributed by atoms with Gasteiger partial charge in [0.15, 0.2) is 11.5 Å². The van der Waals surface area contributed by atoms with Gasteiger partial charge in [0, 0.05) is 12.8 Å². The van der Waals surface area contributed by atoms with E-state index < -0.39 is 35.7 Å². The zero-order valence-corrected chi connectivity index (χ0v) is 19.6. The van der Waals surface area contributed by atoms with E-state index in [1.807, 2.05) is 18.6 Å². The van der Waals surface area contributed by atoms with E-state index in [-0.39, 0.29) is 35.9 Å². The standard InChI is InChI=1S/C22H32N2O6S/c1-22(2,3)30-21(29)24-18(13-15-9-7-6-8-10-15)19(26)23-17(20(27)28)12-11-16(25)14-31(4)5/h6-10,17-18H,11-14H2,1-5H3,(H2-,23,24,26,27,28,29)/p+1/t17-,18-/m0/s1. The summed E-state index contributed by atoms with van der Waals surface area (Å²) in [6.45, 7) is 5.11. The average molecular weight is 454 g/mol. The van der Waals surface area contributed by atoms with Crippen LogP contribution in [-0.2, 0) is 36.4 Å². The van der Waals surface area contributed by atoms with Crippen LogP contribution in [0.3, 0.4) is 0 Å². The fourth-order valence-electron chi connectivity index (χ4n) is 2.74. The van der Waals surface area contributed by atoms with Crippen LogP contribution >= 0.6 is 0 Å². The van der Waals surface area contributed by atoms with E-state index in [2.05, 4.69) is 10.6 Å². The zero-order valence-electron chi connectivity index (χ0n) is 18.8. The molecule has 0 spiro atoms. The predicted octanol–water partition coefficient (Wildman–Crippen LogP) is 1.92. The van der Waals surface area contributed by atoms with E-state index in [1.54, 1.807) is 45.0 Å². The van der Waals surface area contributed by atoms with Crippen LogP contribution < -0.4 is 10.6 Å². The first-order valence-electron chi connectivity index (χ1n) is 10.00. The number of hydrogen-bond acceptors (Lipinski definition) is 5. The number of ether oxygens (including phenoxy) is 1. The Morgan fingerprint density at radius 1 is 1.03 bits per heavy atom. The van der Waals surface area contributed by atoms with E-state index in [0.717, 1.165) is 5.56 Å². The Hall–Kier alpha value is -2.55. The molecule has 0 radical (unpaired) electrons. The fraction of sp³-hybridized carbons (Fsp3) is 0.545. The molecule has 0 saturated heterocycles. The zero-order chi connectivity index (χ0) is 23.6. The summed E-state index contributed by atoms with van der Waals surface area (Å²) in [5, 5.41) is 14.5. The van der Waals surface area contributed by atoms with Gasteiger partial charge >= 0.3 is 12.1 Å². The Kier molecular flexibility index (Phi) is 10.5. The minimum Gasteiger partial charge on any atom is -0.480 e. The number of nitrogens with one attached hydrogen (secondary N) is 2. The SMILES string of the molecule is C[S+](C)CC(=O)CC[C@H](NC(=O)[C@H](Cc1ccccc1)NC(=O)OC(C)(C)C)C(=O)O. The predicted molar refractivity (Wildman–Crippen MR) is 121 cm³/mol. The maximum Gasteiger partial charge on any atom is 0.408 e. The molecule has 2 amide bonds. The Bertz CT molecular complexity index is 761. The van der Waals surface area contributed by atoms with Crippen LogP contribution in [0.1, 0.15) is 39.2 Å². The molecule has 3 N–H and O–H groups in total. The quantitative estimate of drug-likeness (QED) is 0.440. The summed E-state index contributed by atoms with van der Waals surface area (Å²) in [7, 11) is -0.0728. The van der Waals surface area contributed by atoms with Gasteiger partial charge in [-0.05, 0) is 43.7 Å². The lowest BCUT2D eigenvalue weighted by atomic mass is 10.0. The van der Waals surface area contributed by atoms with Crippen molar-refractivity contribution in [2.75, 3.05) is 18.3 Å². The van der Waals surface area contributed by atoms with Gasteiger partial charge in [-0.25, -0.2) is 9.59 Å². The number of aliphatic carboxylic acids is 1. The molecule has 0 fully saturated rings. The van der Waals surface area contributed by atoms with E-state index in [4.69, 9.17) is 4.74 Å². The van der Waals surface area contributed by atoms with Crippen molar-refractivity contribution in [2.24, 2.45) is 0 Å². The van der Waals surface area contributed by atoms with Crippen molar-refractivity contribution in [3.8, 4) is 0 Å². The van der Waals surface area contributed by atoms with Crippen LogP contribution in [0.4, 0.5) is 4.79 Å². The second-order valence-electron chi connectivity index (χ2n) is 8.50. The summed E-state index contributed by atoms with van der Waals surface area (Å²) in [6, 6.07) is 6.78. The van der Waals surface area contributed by atoms with Gasteiger partial charge in [-0.1, -0.05) is 30.3 Å². The molecule has 2 atom stereocenters. The molecule has 0 aliphatic carbocycles. The smallest absolute Gasteiger partial charge is 0.408 e. The van der Waals surface area contributed by atoms with Gasteiger partial charge in [-0.2, -0.15) is 0 Å². The second-order valence-corrected chi connectivity index (χ2v) is 10.8. The third kappa shape index (κ3) is 11.4. The molecule has 172 valence electrons. The van der Waals surface area contributed by atoms with Gasteiger partial charge in [-0.15, -0.1) is 0 Å². The number of carboxylic acids is 1. The van der Waals surface area contributed by atoms with Crippen molar-refractivity contribution in [3.63, 3.8) is 0 Å². The number of alkyl carbamates (subject to hydrolysis) is 1. The van der Waals surface area contributed by atoms with Gasteiger partial charge in [-0.3, -0.25) is 9.59 Å². The number of carbonyl (C=O) groups is 4. The van der Waals surface area contributed by atoms with E-state index >= 15 is 0 Å². The number of hydrogen-bond donors (Lipinski definition) is 3. The lowest BCUT2D eigenvalue weighted by Gasteiger charge is -2.24. The molecule has 0 unspecified atom stereocenters. The maximum atomic E-state index is 12.9. The van der Waals surface area contributed by atoms with Gasteiger partial charge in [0.2, 0.25) is 5.91 Å². The molecular formula is C22H33N2O6S+. The topological polar surface area (TPSA) is 122 Å². The molecule has 1 rings (SSSR count). The number of ketones is 1. The van der Waals surface area contributed by atoms with Gasteiger partial charge < -0.3 is 20.5 Å². The van der Waals surface area contributed by atoms with Crippen molar-refractivity contribution >= 4 is 34.6 Å². The number of benzene rings is 1. The average Bonchev–Trinajstić information content (AvgIpc) is 2.62. The van der Waals surface area contributed by atoms with Crippen molar-refractivity contribution in [1.29, 1.82) is 0 Å². The highest BCUT2D eigenvalue weighted by Gasteiger charge is 2.29. The monoisotopic (exact) mass is 453 g/mol. The maximum absolute atomic E-state index is 12.9. The summed E-state index contributed by atoms with van der Waals surface area (Å²) < 4.78 is 5.23. The molecule has 1 aromatic rings. The molecule has 9 heteroatoms.